The third-order valence-electron chi connectivity index (χ3n) is 3.94. The molecule has 4 heteroatoms. The van der Waals surface area contributed by atoms with Crippen molar-refractivity contribution >= 4 is 0 Å². The van der Waals surface area contributed by atoms with Crippen LogP contribution in [0.4, 0.5) is 0 Å². The van der Waals surface area contributed by atoms with E-state index in [1.807, 2.05) is 0 Å². The molecular weight excluding hydrogens is 226 g/mol. The minimum absolute atomic E-state index is 0.0543. The number of hydrogen-bond donors (Lipinski definition) is 2. The van der Waals surface area contributed by atoms with Gasteiger partial charge in [-0.25, -0.2) is 0 Å². The molecule has 0 spiro atoms. The van der Waals surface area contributed by atoms with Gasteiger partial charge in [-0.3, -0.25) is 0 Å². The molecule has 3 rings (SSSR count). The molecule has 0 radical (unpaired) electrons. The van der Waals surface area contributed by atoms with Gasteiger partial charge >= 0.3 is 0 Å². The van der Waals surface area contributed by atoms with Crippen LogP contribution in [0.5, 0.6) is 5.75 Å². The van der Waals surface area contributed by atoms with Crippen LogP contribution in [0.1, 0.15) is 17.2 Å². The Balaban J connectivity index is 1.77. The van der Waals surface area contributed by atoms with Gasteiger partial charge in [0.05, 0.1) is 6.61 Å². The van der Waals surface area contributed by atoms with E-state index in [1.54, 1.807) is 0 Å². The molecular formula is C14H21N3O. The number of likely N-dealkylation sites (N-methyl/N-ethyl adjacent to an activating group) is 1. The molecule has 1 aromatic carbocycles. The summed E-state index contributed by atoms with van der Waals surface area (Å²) in [4.78, 5) is 2.33. The molecule has 2 aliphatic heterocycles. The Hall–Kier alpha value is -1.10. The van der Waals surface area contributed by atoms with E-state index in [9.17, 15) is 0 Å². The van der Waals surface area contributed by atoms with E-state index in [2.05, 4.69) is 35.5 Å². The lowest BCUT2D eigenvalue weighted by atomic mass is 9.96. The number of nitrogens with two attached hydrogens (primary N) is 1. The van der Waals surface area contributed by atoms with Gasteiger partial charge in [-0.05, 0) is 24.2 Å². The van der Waals surface area contributed by atoms with Gasteiger partial charge in [0.15, 0.2) is 0 Å². The van der Waals surface area contributed by atoms with Crippen LogP contribution in [0, 0.1) is 0 Å². The van der Waals surface area contributed by atoms with Gasteiger partial charge in [-0.2, -0.15) is 0 Å². The van der Waals surface area contributed by atoms with Crippen LogP contribution in [0.25, 0.3) is 0 Å². The Labute approximate surface area is 108 Å². The van der Waals surface area contributed by atoms with Crippen molar-refractivity contribution in [1.29, 1.82) is 0 Å². The van der Waals surface area contributed by atoms with Crippen molar-refractivity contribution in [2.24, 2.45) is 5.73 Å². The highest BCUT2D eigenvalue weighted by atomic mass is 16.5. The first-order valence-electron chi connectivity index (χ1n) is 6.67. The molecule has 2 aliphatic rings. The number of ether oxygens (including phenoxy) is 1. The fraction of sp³-hybridized carbons (Fsp3) is 0.571. The maximum Gasteiger partial charge on any atom is 0.122 e. The van der Waals surface area contributed by atoms with Gasteiger partial charge < -0.3 is 20.7 Å². The van der Waals surface area contributed by atoms with Crippen LogP contribution < -0.4 is 15.8 Å². The lowest BCUT2D eigenvalue weighted by Crippen LogP contribution is -2.53. The highest BCUT2D eigenvalue weighted by molar-refractivity contribution is 5.41. The summed E-state index contributed by atoms with van der Waals surface area (Å²) in [6.45, 7) is 3.93. The number of hydrogen-bond acceptors (Lipinski definition) is 4. The van der Waals surface area contributed by atoms with Gasteiger partial charge in [-0.1, -0.05) is 12.1 Å². The molecule has 3 N–H and O–H groups in total. The average molecular weight is 247 g/mol. The van der Waals surface area contributed by atoms with Crippen LogP contribution >= 0.6 is 0 Å². The summed E-state index contributed by atoms with van der Waals surface area (Å²) in [7, 11) is 2.15. The van der Waals surface area contributed by atoms with Gasteiger partial charge in [0.1, 0.15) is 5.75 Å². The molecule has 98 valence electrons. The molecule has 0 aromatic heterocycles. The zero-order valence-electron chi connectivity index (χ0n) is 10.9. The summed E-state index contributed by atoms with van der Waals surface area (Å²) in [6, 6.07) is 6.76. The third-order valence-corrected chi connectivity index (χ3v) is 3.94. The van der Waals surface area contributed by atoms with Crippen molar-refractivity contribution in [3.63, 3.8) is 0 Å². The first kappa shape index (κ1) is 12.0. The molecule has 0 saturated carbocycles. The largest absolute Gasteiger partial charge is 0.493 e. The first-order chi connectivity index (χ1) is 8.74. The van der Waals surface area contributed by atoms with E-state index in [0.29, 0.717) is 6.04 Å². The van der Waals surface area contributed by atoms with E-state index in [1.165, 1.54) is 11.1 Å². The fourth-order valence-electron chi connectivity index (χ4n) is 2.82. The minimum Gasteiger partial charge on any atom is -0.493 e. The summed E-state index contributed by atoms with van der Waals surface area (Å²) in [5.41, 5.74) is 8.91. The number of benzene rings is 1. The Bertz CT molecular complexity index is 435. The lowest BCUT2D eigenvalue weighted by Gasteiger charge is -2.34. The Kier molecular flexibility index (Phi) is 3.24. The van der Waals surface area contributed by atoms with Crippen LogP contribution in [-0.2, 0) is 6.42 Å². The summed E-state index contributed by atoms with van der Waals surface area (Å²) in [5, 5.41) is 3.52. The van der Waals surface area contributed by atoms with Crippen molar-refractivity contribution in [3.8, 4) is 5.75 Å². The molecule has 0 bridgehead atoms. The SMILES string of the molecule is CN1CCNC(C(N)c2ccc3c(c2)CCO3)C1. The van der Waals surface area contributed by atoms with Crippen LogP contribution in [0.15, 0.2) is 18.2 Å². The van der Waals surface area contributed by atoms with Gasteiger partial charge in [0, 0.05) is 38.1 Å². The molecule has 2 atom stereocenters. The molecule has 2 heterocycles. The number of fused-ring (bicyclic) bond motifs is 1. The Morgan fingerprint density at radius 2 is 2.39 bits per heavy atom. The van der Waals surface area contributed by atoms with E-state index in [4.69, 9.17) is 10.5 Å². The topological polar surface area (TPSA) is 50.5 Å². The molecule has 0 aliphatic carbocycles. The fourth-order valence-corrected chi connectivity index (χ4v) is 2.82. The van der Waals surface area contributed by atoms with Crippen LogP contribution in [-0.4, -0.2) is 44.2 Å². The average Bonchev–Trinajstić information content (AvgIpc) is 2.85. The van der Waals surface area contributed by atoms with E-state index in [0.717, 1.165) is 38.4 Å². The van der Waals surface area contributed by atoms with E-state index >= 15 is 0 Å². The van der Waals surface area contributed by atoms with Gasteiger partial charge in [0.2, 0.25) is 0 Å². The minimum atomic E-state index is 0.0543. The van der Waals surface area contributed by atoms with Crippen LogP contribution in [0.2, 0.25) is 0 Å². The van der Waals surface area contributed by atoms with Crippen molar-refractivity contribution in [3.05, 3.63) is 29.3 Å². The lowest BCUT2D eigenvalue weighted by molar-refractivity contribution is 0.220. The van der Waals surface area contributed by atoms with Crippen molar-refractivity contribution < 1.29 is 4.74 Å². The number of nitrogens with one attached hydrogen (secondary N) is 1. The predicted octanol–water partition coefficient (Wildman–Crippen LogP) is 0.525. The quantitative estimate of drug-likeness (QED) is 0.800. The zero-order chi connectivity index (χ0) is 12.5. The summed E-state index contributed by atoms with van der Waals surface area (Å²) in [6.07, 6.45) is 1.01. The number of piperazine rings is 1. The second-order valence-electron chi connectivity index (χ2n) is 5.31. The molecule has 4 nitrogen and oxygen atoms in total. The molecule has 18 heavy (non-hydrogen) atoms. The van der Waals surface area contributed by atoms with Crippen LogP contribution in [0.3, 0.4) is 0 Å². The van der Waals surface area contributed by atoms with Crippen molar-refractivity contribution in [2.45, 2.75) is 18.5 Å². The molecule has 1 fully saturated rings. The highest BCUT2D eigenvalue weighted by Gasteiger charge is 2.25. The van der Waals surface area contributed by atoms with Crippen molar-refractivity contribution in [1.82, 2.24) is 10.2 Å². The third kappa shape index (κ3) is 2.23. The molecule has 1 aromatic rings. The van der Waals surface area contributed by atoms with Crippen molar-refractivity contribution in [2.75, 3.05) is 33.3 Å². The monoisotopic (exact) mass is 247 g/mol. The maximum atomic E-state index is 6.40. The maximum absolute atomic E-state index is 6.40. The second kappa shape index (κ2) is 4.88. The zero-order valence-corrected chi connectivity index (χ0v) is 10.9. The smallest absolute Gasteiger partial charge is 0.122 e. The van der Waals surface area contributed by atoms with Gasteiger partial charge in [-0.15, -0.1) is 0 Å². The first-order valence-corrected chi connectivity index (χ1v) is 6.67. The normalized spacial score (nSPS) is 25.6. The second-order valence-corrected chi connectivity index (χ2v) is 5.31. The Morgan fingerprint density at radius 1 is 1.50 bits per heavy atom. The molecule has 2 unspecified atom stereocenters. The standard InChI is InChI=1S/C14H21N3O/c1-17-6-5-16-12(9-17)14(15)11-2-3-13-10(8-11)4-7-18-13/h2-3,8,12,14,16H,4-7,9,15H2,1H3. The summed E-state index contributed by atoms with van der Waals surface area (Å²) in [5.74, 6) is 1.03. The van der Waals surface area contributed by atoms with E-state index in [-0.39, 0.29) is 6.04 Å². The molecule has 1 saturated heterocycles. The predicted molar refractivity (Wildman–Crippen MR) is 71.9 cm³/mol. The highest BCUT2D eigenvalue weighted by Crippen LogP contribution is 2.28. The Morgan fingerprint density at radius 3 is 3.22 bits per heavy atom. The summed E-state index contributed by atoms with van der Waals surface area (Å²) < 4.78 is 5.53. The summed E-state index contributed by atoms with van der Waals surface area (Å²) >= 11 is 0. The van der Waals surface area contributed by atoms with Gasteiger partial charge in [0.25, 0.3) is 0 Å². The van der Waals surface area contributed by atoms with E-state index < -0.39 is 0 Å². The number of rotatable bonds is 2. The molecule has 0 amide bonds. The number of nitrogens with zero attached hydrogens (tertiary/aromatic N) is 1.